The third kappa shape index (κ3) is 4.26. The molecule has 0 radical (unpaired) electrons. The average molecular weight is 397 g/mol. The number of hydrogen-bond donors (Lipinski definition) is 3. The molecule has 0 saturated heterocycles. The highest BCUT2D eigenvalue weighted by Gasteiger charge is 2.28. The van der Waals surface area contributed by atoms with Crippen LogP contribution in [0.3, 0.4) is 0 Å². The normalized spacial score (nSPS) is 21.3. The molecule has 8 nitrogen and oxygen atoms in total. The van der Waals surface area contributed by atoms with Gasteiger partial charge in [0.1, 0.15) is 0 Å². The lowest BCUT2D eigenvalue weighted by Gasteiger charge is -2.30. The summed E-state index contributed by atoms with van der Waals surface area (Å²) >= 11 is 0. The average Bonchev–Trinajstić information content (AvgIpc) is 3.14. The number of H-pyrrole nitrogens is 1. The second-order valence-electron chi connectivity index (χ2n) is 8.11. The van der Waals surface area contributed by atoms with E-state index in [0.717, 1.165) is 56.2 Å². The van der Waals surface area contributed by atoms with Crippen LogP contribution in [0.2, 0.25) is 0 Å². The molecule has 0 aromatic carbocycles. The SMILES string of the molecule is Cn1cc(C(=O)N[C@@H]2CCC[C@@H](NC(=O)c3n[nH]c4c3CCCC4)C2)ccc1=O. The molecule has 8 heteroatoms. The van der Waals surface area contributed by atoms with Gasteiger partial charge in [0.15, 0.2) is 5.69 Å². The van der Waals surface area contributed by atoms with Gasteiger partial charge < -0.3 is 15.2 Å². The van der Waals surface area contributed by atoms with Crippen LogP contribution in [0.25, 0.3) is 0 Å². The zero-order chi connectivity index (χ0) is 20.4. The number of hydrogen-bond acceptors (Lipinski definition) is 4. The summed E-state index contributed by atoms with van der Waals surface area (Å²) in [4.78, 5) is 36.8. The molecule has 0 aliphatic heterocycles. The highest BCUT2D eigenvalue weighted by Crippen LogP contribution is 2.23. The van der Waals surface area contributed by atoms with E-state index >= 15 is 0 Å². The van der Waals surface area contributed by atoms with Crippen molar-refractivity contribution in [3.8, 4) is 0 Å². The van der Waals surface area contributed by atoms with Gasteiger partial charge >= 0.3 is 0 Å². The van der Waals surface area contributed by atoms with Crippen molar-refractivity contribution in [1.29, 1.82) is 0 Å². The second kappa shape index (κ2) is 8.23. The van der Waals surface area contributed by atoms with E-state index in [9.17, 15) is 14.4 Å². The molecule has 29 heavy (non-hydrogen) atoms. The van der Waals surface area contributed by atoms with Crippen LogP contribution >= 0.6 is 0 Å². The van der Waals surface area contributed by atoms with Gasteiger partial charge in [-0.3, -0.25) is 19.5 Å². The van der Waals surface area contributed by atoms with Gasteiger partial charge in [0.05, 0.1) is 5.56 Å². The van der Waals surface area contributed by atoms with Gasteiger partial charge in [0.25, 0.3) is 11.8 Å². The number of nitrogens with zero attached hydrogens (tertiary/aromatic N) is 2. The first-order valence-electron chi connectivity index (χ1n) is 10.4. The Bertz CT molecular complexity index is 977. The Labute approximate surface area is 169 Å². The Hall–Kier alpha value is -2.90. The van der Waals surface area contributed by atoms with Crippen molar-refractivity contribution in [2.24, 2.45) is 7.05 Å². The smallest absolute Gasteiger partial charge is 0.272 e. The summed E-state index contributed by atoms with van der Waals surface area (Å²) < 4.78 is 1.39. The molecular formula is C21H27N5O3. The standard InChI is InChI=1S/C21H27N5O3/c1-26-12-13(9-10-18(26)27)20(28)22-14-5-4-6-15(11-14)23-21(29)19-16-7-2-3-8-17(16)24-25-19/h9-10,12,14-15H,2-8,11H2,1H3,(H,22,28)(H,23,29)(H,24,25)/t14-,15-/m1/s1. The van der Waals surface area contributed by atoms with E-state index in [4.69, 9.17) is 0 Å². The Morgan fingerprint density at radius 1 is 1.07 bits per heavy atom. The lowest BCUT2D eigenvalue weighted by atomic mass is 9.90. The molecule has 0 bridgehead atoms. The summed E-state index contributed by atoms with van der Waals surface area (Å²) in [6.07, 6.45) is 9.02. The molecule has 2 amide bonds. The summed E-state index contributed by atoms with van der Waals surface area (Å²) in [5, 5.41) is 13.4. The summed E-state index contributed by atoms with van der Waals surface area (Å²) in [5.41, 5.74) is 2.98. The predicted octanol–water partition coefficient (Wildman–Crippen LogP) is 1.46. The van der Waals surface area contributed by atoms with E-state index in [1.54, 1.807) is 19.3 Å². The van der Waals surface area contributed by atoms with E-state index in [1.807, 2.05) is 0 Å². The zero-order valence-corrected chi connectivity index (χ0v) is 16.7. The molecular weight excluding hydrogens is 370 g/mol. The highest BCUT2D eigenvalue weighted by molar-refractivity contribution is 5.95. The zero-order valence-electron chi connectivity index (χ0n) is 16.7. The second-order valence-corrected chi connectivity index (χ2v) is 8.11. The topological polar surface area (TPSA) is 109 Å². The number of amides is 2. The maximum atomic E-state index is 12.8. The number of aromatic amines is 1. The van der Waals surface area contributed by atoms with Gasteiger partial charge in [-0.05, 0) is 57.4 Å². The molecule has 0 spiro atoms. The predicted molar refractivity (Wildman–Crippen MR) is 108 cm³/mol. The fourth-order valence-electron chi connectivity index (χ4n) is 4.37. The van der Waals surface area contributed by atoms with Gasteiger partial charge in [0, 0.05) is 42.7 Å². The molecule has 4 rings (SSSR count). The fourth-order valence-corrected chi connectivity index (χ4v) is 4.37. The minimum absolute atomic E-state index is 0.00752. The first kappa shape index (κ1) is 19.4. The number of aromatic nitrogens is 3. The lowest BCUT2D eigenvalue weighted by Crippen LogP contribution is -2.46. The fraction of sp³-hybridized carbons (Fsp3) is 0.524. The summed E-state index contributed by atoms with van der Waals surface area (Å²) in [6.45, 7) is 0. The molecule has 2 aromatic rings. The molecule has 1 saturated carbocycles. The molecule has 2 heterocycles. The number of carbonyl (C=O) groups excluding carboxylic acids is 2. The lowest BCUT2D eigenvalue weighted by molar-refractivity contribution is 0.0899. The van der Waals surface area contributed by atoms with Crippen molar-refractivity contribution in [3.63, 3.8) is 0 Å². The first-order valence-corrected chi connectivity index (χ1v) is 10.4. The Balaban J connectivity index is 1.36. The van der Waals surface area contributed by atoms with Crippen LogP contribution in [0.5, 0.6) is 0 Å². The third-order valence-electron chi connectivity index (χ3n) is 5.96. The quantitative estimate of drug-likeness (QED) is 0.726. The Kier molecular flexibility index (Phi) is 5.51. The minimum atomic E-state index is -0.195. The number of pyridine rings is 1. The van der Waals surface area contributed by atoms with Crippen molar-refractivity contribution < 1.29 is 9.59 Å². The van der Waals surface area contributed by atoms with Crippen LogP contribution in [-0.2, 0) is 19.9 Å². The van der Waals surface area contributed by atoms with Crippen LogP contribution in [0.1, 0.15) is 70.6 Å². The molecule has 2 aliphatic carbocycles. The molecule has 0 unspecified atom stereocenters. The number of carbonyl (C=O) groups is 2. The van der Waals surface area contributed by atoms with E-state index in [2.05, 4.69) is 20.8 Å². The molecule has 2 atom stereocenters. The molecule has 2 aromatic heterocycles. The largest absolute Gasteiger partial charge is 0.349 e. The third-order valence-corrected chi connectivity index (χ3v) is 5.96. The van der Waals surface area contributed by atoms with Crippen molar-refractivity contribution in [2.75, 3.05) is 0 Å². The van der Waals surface area contributed by atoms with Crippen molar-refractivity contribution in [2.45, 2.75) is 63.5 Å². The van der Waals surface area contributed by atoms with Crippen LogP contribution in [0.15, 0.2) is 23.1 Å². The molecule has 154 valence electrons. The van der Waals surface area contributed by atoms with E-state index in [1.165, 1.54) is 10.6 Å². The van der Waals surface area contributed by atoms with Gasteiger partial charge in [-0.1, -0.05) is 0 Å². The van der Waals surface area contributed by atoms with Gasteiger partial charge in [-0.15, -0.1) is 0 Å². The summed E-state index contributed by atoms with van der Waals surface area (Å²) in [5.74, 6) is -0.321. The van der Waals surface area contributed by atoms with Crippen LogP contribution < -0.4 is 16.2 Å². The van der Waals surface area contributed by atoms with Crippen LogP contribution in [-0.4, -0.2) is 38.7 Å². The van der Waals surface area contributed by atoms with Crippen molar-refractivity contribution in [3.05, 3.63) is 51.2 Å². The van der Waals surface area contributed by atoms with E-state index in [-0.39, 0.29) is 29.5 Å². The monoisotopic (exact) mass is 397 g/mol. The van der Waals surface area contributed by atoms with E-state index < -0.39 is 0 Å². The van der Waals surface area contributed by atoms with Crippen molar-refractivity contribution >= 4 is 11.8 Å². The Morgan fingerprint density at radius 2 is 1.79 bits per heavy atom. The summed E-state index contributed by atoms with van der Waals surface area (Å²) in [7, 11) is 1.62. The van der Waals surface area contributed by atoms with Gasteiger partial charge in [-0.25, -0.2) is 0 Å². The van der Waals surface area contributed by atoms with Crippen LogP contribution in [0.4, 0.5) is 0 Å². The van der Waals surface area contributed by atoms with Gasteiger partial charge in [0.2, 0.25) is 5.56 Å². The van der Waals surface area contributed by atoms with Gasteiger partial charge in [-0.2, -0.15) is 5.10 Å². The molecule has 3 N–H and O–H groups in total. The van der Waals surface area contributed by atoms with E-state index in [0.29, 0.717) is 17.7 Å². The number of aryl methyl sites for hydroxylation is 2. The van der Waals surface area contributed by atoms with Crippen molar-refractivity contribution in [1.82, 2.24) is 25.4 Å². The number of fused-ring (bicyclic) bond motifs is 1. The first-order chi connectivity index (χ1) is 14.0. The minimum Gasteiger partial charge on any atom is -0.349 e. The number of rotatable bonds is 4. The summed E-state index contributed by atoms with van der Waals surface area (Å²) in [6, 6.07) is 2.94. The Morgan fingerprint density at radius 3 is 2.55 bits per heavy atom. The molecule has 1 fully saturated rings. The maximum Gasteiger partial charge on any atom is 0.272 e. The maximum absolute atomic E-state index is 12.8. The van der Waals surface area contributed by atoms with Crippen LogP contribution in [0, 0.1) is 0 Å². The highest BCUT2D eigenvalue weighted by atomic mass is 16.2. The number of nitrogens with one attached hydrogen (secondary N) is 3. The molecule has 2 aliphatic rings.